The quantitative estimate of drug-likeness (QED) is 0.474. The van der Waals surface area contributed by atoms with Crippen molar-refractivity contribution in [2.75, 3.05) is 0 Å². The normalized spacial score (nSPS) is 10.5. The van der Waals surface area contributed by atoms with Gasteiger partial charge >= 0.3 is 0 Å². The lowest BCUT2D eigenvalue weighted by atomic mass is 10.2. The lowest BCUT2D eigenvalue weighted by Crippen LogP contribution is -1.85. The van der Waals surface area contributed by atoms with Crippen molar-refractivity contribution in [1.29, 1.82) is 0 Å². The first-order chi connectivity index (χ1) is 9.75. The van der Waals surface area contributed by atoms with Gasteiger partial charge in [0.15, 0.2) is 0 Å². The minimum atomic E-state index is 1.04. The van der Waals surface area contributed by atoms with Crippen LogP contribution in [-0.2, 0) is 14.1 Å². The Morgan fingerprint density at radius 2 is 1.45 bits per heavy atom. The van der Waals surface area contributed by atoms with Gasteiger partial charge in [-0.15, -0.1) is 0 Å². The van der Waals surface area contributed by atoms with E-state index in [1.807, 2.05) is 30.1 Å². The Labute approximate surface area is 118 Å². The van der Waals surface area contributed by atoms with Crippen LogP contribution in [0.25, 0.3) is 21.9 Å². The maximum atomic E-state index is 4.20. The Kier molecular flexibility index (Phi) is 3.25. The second kappa shape index (κ2) is 5.21. The third-order valence-corrected chi connectivity index (χ3v) is 3.42. The molecule has 0 aliphatic heterocycles. The summed E-state index contributed by atoms with van der Waals surface area (Å²) < 4.78 is 4.13. The number of benzene rings is 1. The van der Waals surface area contributed by atoms with Gasteiger partial charge in [0.2, 0.25) is 0 Å². The molecule has 0 unspecified atom stereocenters. The van der Waals surface area contributed by atoms with Gasteiger partial charge in [-0.25, -0.2) is 4.98 Å². The molecule has 3 nitrogen and oxygen atoms in total. The fourth-order valence-electron chi connectivity index (χ4n) is 2.32. The summed E-state index contributed by atoms with van der Waals surface area (Å²) >= 11 is 0. The molecular formula is C17H17N3. The molecule has 0 N–H and O–H groups in total. The first-order valence-corrected chi connectivity index (χ1v) is 6.62. The molecule has 0 radical (unpaired) electrons. The first-order valence-electron chi connectivity index (χ1n) is 6.62. The predicted molar refractivity (Wildman–Crippen MR) is 83.6 cm³/mol. The Hall–Kier alpha value is -2.55. The maximum absolute atomic E-state index is 4.20. The maximum Gasteiger partial charge on any atom is 0.139 e. The van der Waals surface area contributed by atoms with E-state index < -0.39 is 0 Å². The summed E-state index contributed by atoms with van der Waals surface area (Å²) in [6.07, 6.45) is 5.89. The molecule has 4 rings (SSSR count). The molecule has 0 atom stereocenters. The Morgan fingerprint density at radius 3 is 2.25 bits per heavy atom. The lowest BCUT2D eigenvalue weighted by molar-refractivity contribution is 0.948. The minimum absolute atomic E-state index is 1.04. The number of hydrogen-bond acceptors (Lipinski definition) is 1. The van der Waals surface area contributed by atoms with Crippen LogP contribution in [-0.4, -0.2) is 14.1 Å². The highest BCUT2D eigenvalue weighted by molar-refractivity contribution is 5.79. The van der Waals surface area contributed by atoms with Crippen LogP contribution in [0.5, 0.6) is 0 Å². The fraction of sp³-hybridized carbons (Fsp3) is 0.118. The number of nitrogens with zero attached hydrogens (tertiary/aromatic N) is 3. The third kappa shape index (κ3) is 2.30. The second-order valence-corrected chi connectivity index (χ2v) is 4.83. The number of aromatic nitrogens is 3. The van der Waals surface area contributed by atoms with E-state index in [0.29, 0.717) is 0 Å². The summed E-state index contributed by atoms with van der Waals surface area (Å²) in [5.41, 5.74) is 2.34. The van der Waals surface area contributed by atoms with Gasteiger partial charge in [-0.2, -0.15) is 0 Å². The van der Waals surface area contributed by atoms with Gasteiger partial charge in [0, 0.05) is 43.6 Å². The first kappa shape index (κ1) is 12.5. The molecule has 3 heteroatoms. The largest absolute Gasteiger partial charge is 0.351 e. The van der Waals surface area contributed by atoms with Crippen molar-refractivity contribution < 1.29 is 0 Å². The van der Waals surface area contributed by atoms with Crippen LogP contribution in [0.2, 0.25) is 0 Å². The van der Waals surface area contributed by atoms with Gasteiger partial charge in [0.25, 0.3) is 0 Å². The highest BCUT2D eigenvalue weighted by Gasteiger charge is 1.94. The van der Waals surface area contributed by atoms with Gasteiger partial charge in [0.1, 0.15) is 5.65 Å². The molecule has 3 heterocycles. The van der Waals surface area contributed by atoms with E-state index in [1.54, 1.807) is 0 Å². The van der Waals surface area contributed by atoms with Gasteiger partial charge in [-0.1, -0.05) is 18.2 Å². The van der Waals surface area contributed by atoms with E-state index in [4.69, 9.17) is 0 Å². The molecule has 3 aromatic heterocycles. The van der Waals surface area contributed by atoms with Crippen LogP contribution in [0.15, 0.2) is 67.1 Å². The van der Waals surface area contributed by atoms with Crippen molar-refractivity contribution in [3.63, 3.8) is 0 Å². The number of pyridine rings is 1. The summed E-state index contributed by atoms with van der Waals surface area (Å²) in [6.45, 7) is 0. The van der Waals surface area contributed by atoms with Crippen molar-refractivity contribution in [1.82, 2.24) is 14.1 Å². The van der Waals surface area contributed by atoms with E-state index in [-0.39, 0.29) is 0 Å². The zero-order chi connectivity index (χ0) is 13.9. The molecule has 0 aliphatic carbocycles. The number of aryl methyl sites for hydroxylation is 2. The van der Waals surface area contributed by atoms with Gasteiger partial charge in [-0.3, -0.25) is 0 Å². The van der Waals surface area contributed by atoms with Crippen LogP contribution < -0.4 is 0 Å². The predicted octanol–water partition coefficient (Wildman–Crippen LogP) is 3.75. The van der Waals surface area contributed by atoms with Crippen molar-refractivity contribution in [3.05, 3.63) is 67.1 Å². The molecule has 0 bridgehead atoms. The SMILES string of the molecule is Cn1ccc2ccccc21.Cn1ccc2cccnc21. The fourth-order valence-corrected chi connectivity index (χ4v) is 2.32. The molecule has 4 aromatic rings. The van der Waals surface area contributed by atoms with E-state index in [0.717, 1.165) is 5.65 Å². The average molecular weight is 263 g/mol. The van der Waals surface area contributed by atoms with Crippen molar-refractivity contribution in [2.24, 2.45) is 14.1 Å². The Balaban J connectivity index is 0.000000121. The summed E-state index contributed by atoms with van der Waals surface area (Å²) in [7, 11) is 4.05. The summed E-state index contributed by atoms with van der Waals surface area (Å²) in [5.74, 6) is 0. The van der Waals surface area contributed by atoms with Crippen molar-refractivity contribution >= 4 is 21.9 Å². The Bertz CT molecular complexity index is 767. The topological polar surface area (TPSA) is 22.8 Å². The van der Waals surface area contributed by atoms with Gasteiger partial charge < -0.3 is 9.13 Å². The molecule has 0 amide bonds. The van der Waals surface area contributed by atoms with Crippen LogP contribution in [0.1, 0.15) is 0 Å². The highest BCUT2D eigenvalue weighted by atomic mass is 15.0. The standard InChI is InChI=1S/C9H9N.C8H8N2/c1-10-7-6-8-4-2-3-5-9(8)10;1-10-6-4-7-3-2-5-9-8(7)10/h2-7H,1H3;2-6H,1H3. The molecule has 0 fully saturated rings. The molecule has 20 heavy (non-hydrogen) atoms. The molecule has 0 saturated heterocycles. The van der Waals surface area contributed by atoms with Crippen LogP contribution in [0, 0.1) is 0 Å². The molecule has 1 aromatic carbocycles. The summed E-state index contributed by atoms with van der Waals surface area (Å²) in [4.78, 5) is 4.20. The molecule has 0 saturated carbocycles. The number of rotatable bonds is 0. The molecule has 0 aliphatic rings. The second-order valence-electron chi connectivity index (χ2n) is 4.83. The van der Waals surface area contributed by atoms with E-state index in [2.05, 4.69) is 65.3 Å². The summed E-state index contributed by atoms with van der Waals surface area (Å²) in [6, 6.07) is 16.5. The number of fused-ring (bicyclic) bond motifs is 2. The monoisotopic (exact) mass is 263 g/mol. The highest BCUT2D eigenvalue weighted by Crippen LogP contribution is 2.12. The molecule has 0 spiro atoms. The van der Waals surface area contributed by atoms with Crippen molar-refractivity contribution in [2.45, 2.75) is 0 Å². The molecular weight excluding hydrogens is 246 g/mol. The third-order valence-electron chi connectivity index (χ3n) is 3.42. The molecule has 100 valence electrons. The van der Waals surface area contributed by atoms with Crippen molar-refractivity contribution in [3.8, 4) is 0 Å². The van der Waals surface area contributed by atoms with E-state index in [9.17, 15) is 0 Å². The Morgan fingerprint density at radius 1 is 0.750 bits per heavy atom. The minimum Gasteiger partial charge on any atom is -0.351 e. The van der Waals surface area contributed by atoms with E-state index in [1.165, 1.54) is 16.3 Å². The van der Waals surface area contributed by atoms with Gasteiger partial charge in [-0.05, 0) is 35.7 Å². The van der Waals surface area contributed by atoms with E-state index >= 15 is 0 Å². The van der Waals surface area contributed by atoms with Crippen LogP contribution in [0.4, 0.5) is 0 Å². The number of hydrogen-bond donors (Lipinski definition) is 0. The smallest absolute Gasteiger partial charge is 0.139 e. The van der Waals surface area contributed by atoms with Crippen LogP contribution in [0.3, 0.4) is 0 Å². The summed E-state index contributed by atoms with van der Waals surface area (Å²) in [5, 5.41) is 2.51. The number of para-hydroxylation sites is 1. The zero-order valence-electron chi connectivity index (χ0n) is 11.7. The van der Waals surface area contributed by atoms with Gasteiger partial charge in [0.05, 0.1) is 0 Å². The van der Waals surface area contributed by atoms with Crippen LogP contribution >= 0.6 is 0 Å². The zero-order valence-corrected chi connectivity index (χ0v) is 11.7. The lowest BCUT2D eigenvalue weighted by Gasteiger charge is -1.92. The average Bonchev–Trinajstić information content (AvgIpc) is 3.05.